The molecule has 1 aromatic rings. The molecule has 0 saturated carbocycles. The summed E-state index contributed by atoms with van der Waals surface area (Å²) in [6.45, 7) is 4.88. The fourth-order valence-electron chi connectivity index (χ4n) is 2.72. The second-order valence-corrected chi connectivity index (χ2v) is 5.79. The van der Waals surface area contributed by atoms with Gasteiger partial charge in [0.1, 0.15) is 0 Å². The minimum Gasteiger partial charge on any atom is -0.390 e. The van der Waals surface area contributed by atoms with Crippen molar-refractivity contribution in [3.05, 3.63) is 29.3 Å². The van der Waals surface area contributed by atoms with Crippen molar-refractivity contribution < 1.29 is 5.11 Å². The molecule has 0 unspecified atom stereocenters. The normalized spacial score (nSPS) is 16.6. The molecule has 2 rings (SSSR count). The first-order valence-electron chi connectivity index (χ1n) is 6.52. The van der Waals surface area contributed by atoms with E-state index < -0.39 is 5.60 Å². The zero-order valence-corrected chi connectivity index (χ0v) is 11.2. The van der Waals surface area contributed by atoms with Gasteiger partial charge in [0.05, 0.1) is 5.60 Å². The molecule has 1 aliphatic heterocycles. The molecule has 1 aromatic carbocycles. The summed E-state index contributed by atoms with van der Waals surface area (Å²) in [5.74, 6) is 0. The lowest BCUT2D eigenvalue weighted by Gasteiger charge is -2.26. The molecule has 17 heavy (non-hydrogen) atoms. The van der Waals surface area contributed by atoms with Crippen LogP contribution < -0.4 is 4.90 Å². The Labute approximate surface area is 104 Å². The molecule has 2 heteroatoms. The van der Waals surface area contributed by atoms with Gasteiger partial charge >= 0.3 is 0 Å². The number of nitrogens with zero attached hydrogens (tertiary/aromatic N) is 1. The second-order valence-electron chi connectivity index (χ2n) is 5.79. The van der Waals surface area contributed by atoms with E-state index in [4.69, 9.17) is 0 Å². The van der Waals surface area contributed by atoms with Crippen LogP contribution in [0.4, 0.5) is 5.69 Å². The zero-order valence-electron chi connectivity index (χ0n) is 11.2. The summed E-state index contributed by atoms with van der Waals surface area (Å²) >= 11 is 0. The number of para-hydroxylation sites is 1. The minimum absolute atomic E-state index is 0.637. The number of anilines is 1. The van der Waals surface area contributed by atoms with Crippen molar-refractivity contribution in [1.82, 2.24) is 0 Å². The van der Waals surface area contributed by atoms with E-state index >= 15 is 0 Å². The Bertz CT molecular complexity index is 392. The van der Waals surface area contributed by atoms with Crippen LogP contribution in [0.25, 0.3) is 0 Å². The topological polar surface area (TPSA) is 23.5 Å². The fourth-order valence-corrected chi connectivity index (χ4v) is 2.72. The molecule has 1 N–H and O–H groups in total. The Kier molecular flexibility index (Phi) is 3.43. The summed E-state index contributed by atoms with van der Waals surface area (Å²) < 4.78 is 0. The Balaban J connectivity index is 2.40. The lowest BCUT2D eigenvalue weighted by atomic mass is 9.94. The van der Waals surface area contributed by atoms with Gasteiger partial charge in [0.25, 0.3) is 0 Å². The molecule has 1 aliphatic rings. The Morgan fingerprint density at radius 1 is 1.29 bits per heavy atom. The van der Waals surface area contributed by atoms with Crippen molar-refractivity contribution in [1.29, 1.82) is 0 Å². The Hall–Kier alpha value is -1.02. The lowest BCUT2D eigenvalue weighted by molar-refractivity contribution is 0.0811. The number of aryl methyl sites for hydroxylation is 1. The zero-order chi connectivity index (χ0) is 12.5. The summed E-state index contributed by atoms with van der Waals surface area (Å²) in [6.07, 6.45) is 4.41. The van der Waals surface area contributed by atoms with Gasteiger partial charge in [-0.05, 0) is 44.2 Å². The third-order valence-electron chi connectivity index (χ3n) is 3.40. The van der Waals surface area contributed by atoms with Crippen molar-refractivity contribution in [2.75, 3.05) is 18.5 Å². The summed E-state index contributed by atoms with van der Waals surface area (Å²) in [5, 5.41) is 10.0. The van der Waals surface area contributed by atoms with Crippen LogP contribution in [-0.2, 0) is 12.8 Å². The van der Waals surface area contributed by atoms with Crippen LogP contribution in [0.5, 0.6) is 0 Å². The molecule has 0 amide bonds. The van der Waals surface area contributed by atoms with Crippen LogP contribution in [-0.4, -0.2) is 24.3 Å². The van der Waals surface area contributed by atoms with Crippen LogP contribution in [0.15, 0.2) is 18.2 Å². The van der Waals surface area contributed by atoms with Crippen molar-refractivity contribution in [2.24, 2.45) is 0 Å². The first-order valence-corrected chi connectivity index (χ1v) is 6.52. The maximum Gasteiger partial charge on any atom is 0.0632 e. The number of aliphatic hydroxyl groups is 1. The van der Waals surface area contributed by atoms with Crippen molar-refractivity contribution in [2.45, 2.75) is 45.1 Å². The number of hydrogen-bond acceptors (Lipinski definition) is 2. The molecule has 2 nitrogen and oxygen atoms in total. The molecule has 0 bridgehead atoms. The number of fused-ring (bicyclic) bond motifs is 1. The molecular formula is C15H23NO. The quantitative estimate of drug-likeness (QED) is 0.849. The predicted octanol–water partition coefficient (Wildman–Crippen LogP) is 2.77. The van der Waals surface area contributed by atoms with Gasteiger partial charge in [-0.25, -0.2) is 0 Å². The van der Waals surface area contributed by atoms with Crippen LogP contribution in [0.2, 0.25) is 0 Å². The second kappa shape index (κ2) is 4.69. The highest BCUT2D eigenvalue weighted by atomic mass is 16.3. The van der Waals surface area contributed by atoms with E-state index in [1.165, 1.54) is 36.1 Å². The van der Waals surface area contributed by atoms with E-state index in [1.807, 2.05) is 13.8 Å². The Morgan fingerprint density at radius 2 is 2.06 bits per heavy atom. The van der Waals surface area contributed by atoms with Gasteiger partial charge in [-0.3, -0.25) is 0 Å². The van der Waals surface area contributed by atoms with Crippen molar-refractivity contribution in [3.8, 4) is 0 Å². The molecule has 0 fully saturated rings. The monoisotopic (exact) mass is 233 g/mol. The smallest absolute Gasteiger partial charge is 0.0632 e. The average Bonchev–Trinajstić information content (AvgIpc) is 2.39. The molecule has 1 heterocycles. The highest BCUT2D eigenvalue weighted by Crippen LogP contribution is 2.31. The van der Waals surface area contributed by atoms with Gasteiger partial charge in [-0.15, -0.1) is 0 Å². The van der Waals surface area contributed by atoms with Crippen LogP contribution in [0.1, 0.15) is 37.8 Å². The molecule has 0 aromatic heterocycles. The molecule has 0 atom stereocenters. The maximum atomic E-state index is 10.0. The predicted molar refractivity (Wildman–Crippen MR) is 72.7 cm³/mol. The van der Waals surface area contributed by atoms with Crippen LogP contribution >= 0.6 is 0 Å². The fraction of sp³-hybridized carbons (Fsp3) is 0.600. The molecular weight excluding hydrogens is 210 g/mol. The van der Waals surface area contributed by atoms with Crippen molar-refractivity contribution >= 4 is 5.69 Å². The number of rotatable bonds is 2. The molecule has 0 radical (unpaired) electrons. The van der Waals surface area contributed by atoms with Crippen LogP contribution in [0.3, 0.4) is 0 Å². The number of benzene rings is 1. The summed E-state index contributed by atoms with van der Waals surface area (Å²) in [7, 11) is 2.16. The summed E-state index contributed by atoms with van der Waals surface area (Å²) in [6, 6.07) is 6.50. The Morgan fingerprint density at radius 3 is 2.76 bits per heavy atom. The highest BCUT2D eigenvalue weighted by Gasteiger charge is 2.20. The molecule has 94 valence electrons. The van der Waals surface area contributed by atoms with Gasteiger partial charge in [0.2, 0.25) is 0 Å². The average molecular weight is 233 g/mol. The van der Waals surface area contributed by atoms with Crippen molar-refractivity contribution in [3.63, 3.8) is 0 Å². The minimum atomic E-state index is -0.637. The molecule has 0 saturated heterocycles. The van der Waals surface area contributed by atoms with Gasteiger partial charge < -0.3 is 10.0 Å². The summed E-state index contributed by atoms with van der Waals surface area (Å²) in [4.78, 5) is 2.35. The molecule has 0 spiro atoms. The van der Waals surface area contributed by atoms with E-state index in [0.29, 0.717) is 0 Å². The largest absolute Gasteiger partial charge is 0.390 e. The van der Waals surface area contributed by atoms with E-state index in [0.717, 1.165) is 13.0 Å². The van der Waals surface area contributed by atoms with Gasteiger partial charge in [-0.2, -0.15) is 0 Å². The first-order chi connectivity index (χ1) is 7.97. The van der Waals surface area contributed by atoms with E-state index in [9.17, 15) is 5.11 Å². The number of hydrogen-bond donors (Lipinski definition) is 1. The van der Waals surface area contributed by atoms with E-state index in [-0.39, 0.29) is 0 Å². The maximum absolute atomic E-state index is 10.0. The standard InChI is InChI=1S/C15H23NO/c1-15(2,17)11-13-9-6-8-12-7-4-5-10-16(3)14(12)13/h6,8-9,17H,4-5,7,10-11H2,1-3H3. The lowest BCUT2D eigenvalue weighted by Crippen LogP contribution is -2.25. The van der Waals surface area contributed by atoms with Gasteiger partial charge in [0.15, 0.2) is 0 Å². The van der Waals surface area contributed by atoms with Gasteiger partial charge in [0, 0.05) is 25.7 Å². The van der Waals surface area contributed by atoms with E-state index in [1.54, 1.807) is 0 Å². The molecule has 0 aliphatic carbocycles. The summed E-state index contributed by atoms with van der Waals surface area (Å²) in [5.41, 5.74) is 3.43. The van der Waals surface area contributed by atoms with Crippen LogP contribution in [0, 0.1) is 0 Å². The highest BCUT2D eigenvalue weighted by molar-refractivity contribution is 5.60. The first kappa shape index (κ1) is 12.4. The SMILES string of the molecule is CN1CCCCc2cccc(CC(C)(C)O)c21. The van der Waals surface area contributed by atoms with Gasteiger partial charge in [-0.1, -0.05) is 18.2 Å². The third kappa shape index (κ3) is 3.01. The van der Waals surface area contributed by atoms with E-state index in [2.05, 4.69) is 30.1 Å². The third-order valence-corrected chi connectivity index (χ3v) is 3.40.